The Labute approximate surface area is 179 Å². The molecule has 3 N–H and O–H groups in total. The lowest BCUT2D eigenvalue weighted by Crippen LogP contribution is -2.59. The summed E-state index contributed by atoms with van der Waals surface area (Å²) in [6.45, 7) is 4.01. The van der Waals surface area contributed by atoms with Crippen LogP contribution >= 0.6 is 0 Å². The predicted molar refractivity (Wildman–Crippen MR) is 115 cm³/mol. The Hall–Kier alpha value is -2.41. The van der Waals surface area contributed by atoms with Gasteiger partial charge in [-0.3, -0.25) is 19.6 Å². The molecule has 0 aliphatic heterocycles. The van der Waals surface area contributed by atoms with Crippen molar-refractivity contribution >= 4 is 17.7 Å². The Morgan fingerprint density at radius 1 is 1.03 bits per heavy atom. The van der Waals surface area contributed by atoms with Gasteiger partial charge in [0, 0.05) is 24.6 Å². The molecule has 0 spiro atoms. The van der Waals surface area contributed by atoms with Crippen molar-refractivity contribution < 1.29 is 19.6 Å². The largest absolute Gasteiger partial charge is 0.351 e. The van der Waals surface area contributed by atoms with Gasteiger partial charge in [0.25, 0.3) is 5.91 Å². The van der Waals surface area contributed by atoms with Crippen molar-refractivity contribution in [3.05, 3.63) is 35.9 Å². The highest BCUT2D eigenvalue weighted by Gasteiger charge is 2.38. The number of amides is 3. The molecular formula is C23H35N3O4. The summed E-state index contributed by atoms with van der Waals surface area (Å²) >= 11 is 0. The van der Waals surface area contributed by atoms with E-state index in [9.17, 15) is 14.4 Å². The summed E-state index contributed by atoms with van der Waals surface area (Å²) in [6.07, 6.45) is 7.65. The van der Waals surface area contributed by atoms with Crippen LogP contribution < -0.4 is 10.8 Å². The number of carbonyl (C=O) groups excluding carboxylic acids is 3. The molecule has 0 radical (unpaired) electrons. The first-order valence-electron chi connectivity index (χ1n) is 11.0. The predicted octanol–water partition coefficient (Wildman–Crippen LogP) is 3.42. The quantitative estimate of drug-likeness (QED) is 0.309. The monoisotopic (exact) mass is 417 g/mol. The van der Waals surface area contributed by atoms with Crippen LogP contribution in [0, 0.1) is 0 Å². The normalized spacial score (nSPS) is 14.8. The third-order valence-electron chi connectivity index (χ3n) is 5.85. The van der Waals surface area contributed by atoms with Crippen molar-refractivity contribution in [2.24, 2.45) is 0 Å². The third kappa shape index (κ3) is 6.83. The van der Waals surface area contributed by atoms with E-state index in [1.165, 1.54) is 6.42 Å². The Balaban J connectivity index is 2.06. The van der Waals surface area contributed by atoms with Gasteiger partial charge in [0.05, 0.1) is 0 Å². The molecule has 7 heteroatoms. The topological polar surface area (TPSA) is 98.7 Å². The van der Waals surface area contributed by atoms with Gasteiger partial charge in [-0.2, -0.15) is 0 Å². The van der Waals surface area contributed by atoms with Crippen LogP contribution in [-0.2, 0) is 9.59 Å². The fraction of sp³-hybridized carbons (Fsp3) is 0.609. The molecule has 0 saturated heterocycles. The fourth-order valence-electron chi connectivity index (χ4n) is 3.89. The van der Waals surface area contributed by atoms with Gasteiger partial charge >= 0.3 is 0 Å². The van der Waals surface area contributed by atoms with E-state index < -0.39 is 11.4 Å². The molecule has 3 amide bonds. The highest BCUT2D eigenvalue weighted by Crippen LogP contribution is 2.23. The summed E-state index contributed by atoms with van der Waals surface area (Å²) in [4.78, 5) is 39.2. The molecule has 166 valence electrons. The van der Waals surface area contributed by atoms with Gasteiger partial charge in [0.15, 0.2) is 0 Å². The molecule has 7 nitrogen and oxygen atoms in total. The summed E-state index contributed by atoms with van der Waals surface area (Å²) in [5, 5.41) is 11.7. The molecule has 0 unspecified atom stereocenters. The summed E-state index contributed by atoms with van der Waals surface area (Å²) in [6, 6.07) is 9.18. The Bertz CT molecular complexity index is 700. The summed E-state index contributed by atoms with van der Waals surface area (Å²) in [5.74, 6) is -0.717. The average Bonchev–Trinajstić information content (AvgIpc) is 2.76. The number of hydrogen-bond acceptors (Lipinski definition) is 4. The van der Waals surface area contributed by atoms with E-state index in [0.717, 1.165) is 25.7 Å². The standard InChI is InChI=1S/C23H35N3O4/c1-23(2,22(29)24-19-14-8-4-9-15-19)26(17-11-5-10-16-20(27)25-30)21(28)18-12-6-3-7-13-18/h3,6-7,12-13,19,30H,4-5,8-11,14-17H2,1-2H3,(H,24,29)(H,25,27). The van der Waals surface area contributed by atoms with Crippen LogP contribution in [-0.4, -0.2) is 46.0 Å². The molecule has 0 bridgehead atoms. The maximum absolute atomic E-state index is 13.3. The van der Waals surface area contributed by atoms with Crippen molar-refractivity contribution in [1.29, 1.82) is 0 Å². The summed E-state index contributed by atoms with van der Waals surface area (Å²) in [7, 11) is 0. The van der Waals surface area contributed by atoms with Crippen LogP contribution in [0.5, 0.6) is 0 Å². The van der Waals surface area contributed by atoms with Crippen LogP contribution in [0.3, 0.4) is 0 Å². The highest BCUT2D eigenvalue weighted by atomic mass is 16.5. The second-order valence-corrected chi connectivity index (χ2v) is 8.54. The highest BCUT2D eigenvalue weighted by molar-refractivity contribution is 5.99. The fourth-order valence-corrected chi connectivity index (χ4v) is 3.89. The zero-order chi connectivity index (χ0) is 22.0. The van der Waals surface area contributed by atoms with Crippen LogP contribution in [0.1, 0.15) is 82.0 Å². The summed E-state index contributed by atoms with van der Waals surface area (Å²) in [5.41, 5.74) is 1.18. The number of rotatable bonds is 10. The molecule has 0 atom stereocenters. The van der Waals surface area contributed by atoms with Crippen molar-refractivity contribution in [1.82, 2.24) is 15.7 Å². The van der Waals surface area contributed by atoms with Gasteiger partial charge in [-0.25, -0.2) is 5.48 Å². The molecule has 2 rings (SSSR count). The lowest BCUT2D eigenvalue weighted by Gasteiger charge is -2.39. The van der Waals surface area contributed by atoms with Crippen molar-refractivity contribution in [2.75, 3.05) is 6.54 Å². The van der Waals surface area contributed by atoms with Crippen LogP contribution in [0.15, 0.2) is 30.3 Å². The van der Waals surface area contributed by atoms with E-state index in [1.807, 2.05) is 18.2 Å². The molecular weight excluding hydrogens is 382 g/mol. The number of hydrogen-bond donors (Lipinski definition) is 3. The number of nitrogens with zero attached hydrogens (tertiary/aromatic N) is 1. The zero-order valence-electron chi connectivity index (χ0n) is 18.2. The second kappa shape index (κ2) is 11.7. The van der Waals surface area contributed by atoms with Gasteiger partial charge in [-0.05, 0) is 51.7 Å². The number of hydroxylamine groups is 1. The minimum atomic E-state index is -0.993. The number of nitrogens with one attached hydrogen (secondary N) is 2. The maximum Gasteiger partial charge on any atom is 0.254 e. The molecule has 1 aromatic carbocycles. The first-order valence-corrected chi connectivity index (χ1v) is 11.0. The van der Waals surface area contributed by atoms with E-state index in [1.54, 1.807) is 36.4 Å². The Morgan fingerprint density at radius 3 is 2.33 bits per heavy atom. The molecule has 1 aromatic rings. The number of carbonyl (C=O) groups is 3. The lowest BCUT2D eigenvalue weighted by atomic mass is 9.93. The van der Waals surface area contributed by atoms with Crippen LogP contribution in [0.4, 0.5) is 0 Å². The first kappa shape index (κ1) is 23.9. The molecule has 1 fully saturated rings. The first-order chi connectivity index (χ1) is 14.4. The SMILES string of the molecule is CC(C)(C(=O)NC1CCCCC1)N(CCCCCC(=O)NO)C(=O)c1ccccc1. The van der Waals surface area contributed by atoms with E-state index in [-0.39, 0.29) is 24.3 Å². The van der Waals surface area contributed by atoms with E-state index in [2.05, 4.69) is 5.32 Å². The van der Waals surface area contributed by atoms with Crippen molar-refractivity contribution in [3.63, 3.8) is 0 Å². The Morgan fingerprint density at radius 2 is 1.70 bits per heavy atom. The van der Waals surface area contributed by atoms with Gasteiger partial charge in [0.1, 0.15) is 5.54 Å². The molecule has 30 heavy (non-hydrogen) atoms. The number of benzene rings is 1. The van der Waals surface area contributed by atoms with Crippen LogP contribution in [0.25, 0.3) is 0 Å². The zero-order valence-corrected chi connectivity index (χ0v) is 18.2. The van der Waals surface area contributed by atoms with Gasteiger partial charge in [-0.1, -0.05) is 43.9 Å². The van der Waals surface area contributed by atoms with Gasteiger partial charge < -0.3 is 10.2 Å². The average molecular weight is 418 g/mol. The van der Waals surface area contributed by atoms with Gasteiger partial charge in [-0.15, -0.1) is 0 Å². The van der Waals surface area contributed by atoms with Crippen molar-refractivity contribution in [2.45, 2.75) is 83.2 Å². The summed E-state index contributed by atoms with van der Waals surface area (Å²) < 4.78 is 0. The smallest absolute Gasteiger partial charge is 0.254 e. The lowest BCUT2D eigenvalue weighted by molar-refractivity contribution is -0.131. The van der Waals surface area contributed by atoms with E-state index >= 15 is 0 Å². The third-order valence-corrected chi connectivity index (χ3v) is 5.85. The second-order valence-electron chi connectivity index (χ2n) is 8.54. The molecule has 1 aliphatic rings. The van der Waals surface area contributed by atoms with E-state index in [4.69, 9.17) is 5.21 Å². The molecule has 0 heterocycles. The number of unbranched alkanes of at least 4 members (excludes halogenated alkanes) is 2. The molecule has 1 saturated carbocycles. The van der Waals surface area contributed by atoms with Crippen molar-refractivity contribution in [3.8, 4) is 0 Å². The molecule has 0 aromatic heterocycles. The van der Waals surface area contributed by atoms with Gasteiger partial charge in [0.2, 0.25) is 11.8 Å². The Kier molecular flexibility index (Phi) is 9.30. The minimum absolute atomic E-state index is 0.127. The minimum Gasteiger partial charge on any atom is -0.351 e. The maximum atomic E-state index is 13.3. The van der Waals surface area contributed by atoms with E-state index in [0.29, 0.717) is 31.4 Å². The van der Waals surface area contributed by atoms with Crippen LogP contribution in [0.2, 0.25) is 0 Å². The molecule has 1 aliphatic carbocycles.